The molecule has 2 aliphatic rings. The van der Waals surface area contributed by atoms with Gasteiger partial charge < -0.3 is 20.1 Å². The summed E-state index contributed by atoms with van der Waals surface area (Å²) in [5.41, 5.74) is -0.0649. The normalized spacial score (nSPS) is 21.3. The van der Waals surface area contributed by atoms with Crippen LogP contribution < -0.4 is 10.9 Å². The van der Waals surface area contributed by atoms with Gasteiger partial charge in [-0.25, -0.2) is 0 Å². The van der Waals surface area contributed by atoms with E-state index in [0.29, 0.717) is 31.0 Å². The number of morpholine rings is 1. The quantitative estimate of drug-likeness (QED) is 0.633. The average Bonchev–Trinajstić information content (AvgIpc) is 3.44. The van der Waals surface area contributed by atoms with Crippen LogP contribution in [-0.2, 0) is 16.1 Å². The number of hydrogen-bond donors (Lipinski definition) is 2. The molecule has 0 radical (unpaired) electrons. The van der Waals surface area contributed by atoms with Crippen molar-refractivity contribution in [2.45, 2.75) is 65.2 Å². The van der Waals surface area contributed by atoms with Crippen molar-refractivity contribution >= 4 is 23.5 Å². The number of fused-ring (bicyclic) bond motifs is 1. The minimum atomic E-state index is -0.600. The first-order chi connectivity index (χ1) is 15.7. The molecule has 33 heavy (non-hydrogen) atoms. The van der Waals surface area contributed by atoms with Gasteiger partial charge >= 0.3 is 0 Å². The van der Waals surface area contributed by atoms with Crippen LogP contribution in [0.15, 0.2) is 17.1 Å². The van der Waals surface area contributed by atoms with Crippen LogP contribution in [0.5, 0.6) is 5.88 Å². The molecule has 2 atom stereocenters. The Kier molecular flexibility index (Phi) is 6.29. The molecule has 2 amide bonds. The van der Waals surface area contributed by atoms with Gasteiger partial charge in [0.15, 0.2) is 5.56 Å². The molecule has 2 fully saturated rings. The Morgan fingerprint density at radius 1 is 1.27 bits per heavy atom. The summed E-state index contributed by atoms with van der Waals surface area (Å²) in [5, 5.41) is 17.7. The minimum absolute atomic E-state index is 0.0395. The zero-order chi connectivity index (χ0) is 23.9. The Balaban J connectivity index is 1.75. The van der Waals surface area contributed by atoms with Crippen molar-refractivity contribution in [2.75, 3.05) is 13.2 Å². The SMILES string of the molecule is CC(C)Cn1c(=O)c(C(=O)NC2CC2)c(O)n2ncc(/C=C/C(=O)N3[C@H](C)COC[C@H]3C)c12. The van der Waals surface area contributed by atoms with Gasteiger partial charge in [0.1, 0.15) is 5.65 Å². The maximum Gasteiger partial charge on any atom is 0.270 e. The first-order valence-electron chi connectivity index (χ1n) is 11.4. The Labute approximate surface area is 191 Å². The van der Waals surface area contributed by atoms with Crippen LogP contribution in [-0.4, -0.2) is 67.3 Å². The van der Waals surface area contributed by atoms with Crippen LogP contribution in [0.25, 0.3) is 11.7 Å². The molecule has 0 unspecified atom stereocenters. The Morgan fingerprint density at radius 2 is 1.94 bits per heavy atom. The largest absolute Gasteiger partial charge is 0.492 e. The van der Waals surface area contributed by atoms with Gasteiger partial charge in [-0.1, -0.05) is 13.8 Å². The van der Waals surface area contributed by atoms with Crippen LogP contribution in [0, 0.1) is 5.92 Å². The molecular weight excluding hydrogens is 426 g/mol. The summed E-state index contributed by atoms with van der Waals surface area (Å²) in [4.78, 5) is 40.6. The summed E-state index contributed by atoms with van der Waals surface area (Å²) >= 11 is 0. The van der Waals surface area contributed by atoms with Gasteiger partial charge in [0.05, 0.1) is 31.5 Å². The first-order valence-corrected chi connectivity index (χ1v) is 11.4. The van der Waals surface area contributed by atoms with Crippen molar-refractivity contribution in [3.63, 3.8) is 0 Å². The molecule has 2 aromatic rings. The Morgan fingerprint density at radius 3 is 2.55 bits per heavy atom. The third-order valence-corrected chi connectivity index (χ3v) is 5.93. The second-order valence-corrected chi connectivity index (χ2v) is 9.41. The van der Waals surface area contributed by atoms with Gasteiger partial charge in [0.2, 0.25) is 11.8 Å². The predicted octanol–water partition coefficient (Wildman–Crippen LogP) is 1.40. The van der Waals surface area contributed by atoms with Gasteiger partial charge in [-0.3, -0.25) is 19.0 Å². The number of hydrogen-bond acceptors (Lipinski definition) is 6. The van der Waals surface area contributed by atoms with E-state index in [1.165, 1.54) is 21.4 Å². The summed E-state index contributed by atoms with van der Waals surface area (Å²) in [5.74, 6) is -1.18. The van der Waals surface area contributed by atoms with E-state index in [1.54, 1.807) is 11.0 Å². The lowest BCUT2D eigenvalue weighted by molar-refractivity contribution is -0.138. The molecule has 4 rings (SSSR count). The molecule has 0 bridgehead atoms. The van der Waals surface area contributed by atoms with Crippen LogP contribution in [0.1, 0.15) is 56.5 Å². The molecule has 1 aliphatic heterocycles. The maximum atomic E-state index is 13.3. The molecule has 3 heterocycles. The van der Waals surface area contributed by atoms with E-state index in [1.807, 2.05) is 27.7 Å². The molecule has 1 aliphatic carbocycles. The third kappa shape index (κ3) is 4.52. The van der Waals surface area contributed by atoms with Crippen LogP contribution in [0.4, 0.5) is 0 Å². The maximum absolute atomic E-state index is 13.3. The van der Waals surface area contributed by atoms with Crippen LogP contribution in [0.3, 0.4) is 0 Å². The van der Waals surface area contributed by atoms with Crippen molar-refractivity contribution in [3.05, 3.63) is 33.8 Å². The zero-order valence-corrected chi connectivity index (χ0v) is 19.4. The topological polar surface area (TPSA) is 118 Å². The summed E-state index contributed by atoms with van der Waals surface area (Å²) in [7, 11) is 0. The van der Waals surface area contributed by atoms with Crippen molar-refractivity contribution in [2.24, 2.45) is 5.92 Å². The lowest BCUT2D eigenvalue weighted by Crippen LogP contribution is -2.51. The monoisotopic (exact) mass is 457 g/mol. The third-order valence-electron chi connectivity index (χ3n) is 5.93. The van der Waals surface area contributed by atoms with E-state index in [9.17, 15) is 19.5 Å². The summed E-state index contributed by atoms with van der Waals surface area (Å²) in [6, 6.07) is -0.0614. The van der Waals surface area contributed by atoms with Crippen LogP contribution in [0.2, 0.25) is 0 Å². The highest BCUT2D eigenvalue weighted by Gasteiger charge is 2.30. The number of nitrogens with one attached hydrogen (secondary N) is 1. The fraction of sp³-hybridized carbons (Fsp3) is 0.565. The van der Waals surface area contributed by atoms with E-state index in [4.69, 9.17) is 4.74 Å². The first kappa shape index (κ1) is 23.0. The number of nitrogens with zero attached hydrogens (tertiary/aromatic N) is 4. The molecule has 178 valence electrons. The standard InChI is InChI=1S/C23H31N5O5/c1-13(2)10-26-21-16(5-8-18(29)27-14(3)11-33-12-15(27)4)9-24-28(21)23(32)19(22(26)31)20(30)25-17-6-7-17/h5,8-9,13-15,17,32H,6-7,10-12H2,1-4H3,(H,25,30)/b8-5+/t14-,15-/m1/s1. The molecule has 10 nitrogen and oxygen atoms in total. The molecule has 0 aromatic carbocycles. The highest BCUT2D eigenvalue weighted by molar-refractivity contribution is 5.97. The van der Waals surface area contributed by atoms with E-state index in [0.717, 1.165) is 12.8 Å². The summed E-state index contributed by atoms with van der Waals surface area (Å²) in [6.07, 6.45) is 6.24. The molecule has 2 N–H and O–H groups in total. The van der Waals surface area contributed by atoms with Crippen molar-refractivity contribution in [1.29, 1.82) is 0 Å². The summed E-state index contributed by atoms with van der Waals surface area (Å²) in [6.45, 7) is 9.06. The van der Waals surface area contributed by atoms with Crippen molar-refractivity contribution in [3.8, 4) is 5.88 Å². The van der Waals surface area contributed by atoms with Gasteiger partial charge in [-0.05, 0) is 38.7 Å². The average molecular weight is 458 g/mol. The molecule has 1 saturated carbocycles. The van der Waals surface area contributed by atoms with Gasteiger partial charge in [0, 0.05) is 24.2 Å². The van der Waals surface area contributed by atoms with Gasteiger partial charge in [0.25, 0.3) is 11.5 Å². The van der Waals surface area contributed by atoms with Crippen LogP contribution >= 0.6 is 0 Å². The fourth-order valence-corrected chi connectivity index (χ4v) is 4.23. The zero-order valence-electron chi connectivity index (χ0n) is 19.4. The molecule has 2 aromatic heterocycles. The highest BCUT2D eigenvalue weighted by atomic mass is 16.5. The van der Waals surface area contributed by atoms with E-state index < -0.39 is 17.3 Å². The molecule has 1 saturated heterocycles. The van der Waals surface area contributed by atoms with Crippen molar-refractivity contribution < 1.29 is 19.4 Å². The number of aromatic nitrogens is 3. The van der Waals surface area contributed by atoms with Gasteiger partial charge in [-0.2, -0.15) is 9.61 Å². The summed E-state index contributed by atoms with van der Waals surface area (Å²) < 4.78 is 8.13. The fourth-order valence-electron chi connectivity index (χ4n) is 4.23. The van der Waals surface area contributed by atoms with E-state index >= 15 is 0 Å². The second kappa shape index (κ2) is 9.01. The number of carbonyl (C=O) groups is 2. The highest BCUT2D eigenvalue weighted by Crippen LogP contribution is 2.24. The minimum Gasteiger partial charge on any atom is -0.492 e. The molecular formula is C23H31N5O5. The number of carbonyl (C=O) groups excluding carboxylic acids is 2. The number of aromatic hydroxyl groups is 1. The van der Waals surface area contributed by atoms with E-state index in [2.05, 4.69) is 10.4 Å². The number of rotatable bonds is 6. The molecule has 0 spiro atoms. The van der Waals surface area contributed by atoms with Gasteiger partial charge in [-0.15, -0.1) is 0 Å². The Bertz CT molecular complexity index is 1150. The lowest BCUT2D eigenvalue weighted by Gasteiger charge is -2.38. The number of ether oxygens (including phenoxy) is 1. The predicted molar refractivity (Wildman–Crippen MR) is 122 cm³/mol. The second-order valence-electron chi connectivity index (χ2n) is 9.41. The number of amides is 2. The van der Waals surface area contributed by atoms with Crippen molar-refractivity contribution in [1.82, 2.24) is 24.4 Å². The van der Waals surface area contributed by atoms with E-state index in [-0.39, 0.29) is 35.5 Å². The lowest BCUT2D eigenvalue weighted by atomic mass is 10.1. The smallest absolute Gasteiger partial charge is 0.270 e. The Hall–Kier alpha value is -3.14. The molecule has 10 heteroatoms.